The number of aromatic nitrogens is 4. The number of ether oxygens (including phenoxy) is 2. The molecule has 1 aliphatic rings. The summed E-state index contributed by atoms with van der Waals surface area (Å²) in [5.41, 5.74) is 11.2. The van der Waals surface area contributed by atoms with E-state index in [0.717, 1.165) is 21.2 Å². The van der Waals surface area contributed by atoms with Gasteiger partial charge in [-0.05, 0) is 90.0 Å². The maximum atomic E-state index is 13.7. The van der Waals surface area contributed by atoms with E-state index >= 15 is 0 Å². The first-order valence-electron chi connectivity index (χ1n) is 16.1. The van der Waals surface area contributed by atoms with E-state index in [2.05, 4.69) is 36.5 Å². The largest absolute Gasteiger partial charge is 0.497 e. The zero-order valence-electron chi connectivity index (χ0n) is 27.7. The highest BCUT2D eigenvalue weighted by atomic mass is 79.9. The number of anilines is 4. The molecular weight excluding hydrogens is 712 g/mol. The van der Waals surface area contributed by atoms with Gasteiger partial charge in [0.1, 0.15) is 29.5 Å². The van der Waals surface area contributed by atoms with Crippen molar-refractivity contribution < 1.29 is 19.1 Å². The minimum Gasteiger partial charge on any atom is -0.497 e. The summed E-state index contributed by atoms with van der Waals surface area (Å²) in [4.78, 5) is 47.6. The SMILES string of the molecule is COc1ccc(NC(=O)[C@H]2CN(c3ccc(-c4cc(-c5cccc(Br)c5)c5c(N)ncnc5n4)cn3)C[C@@H]2C(=O)Nc2ccc(OC)cc2)cc1. The lowest BCUT2D eigenvalue weighted by Gasteiger charge is -2.18. The summed E-state index contributed by atoms with van der Waals surface area (Å²) in [5, 5.41) is 6.61. The van der Waals surface area contributed by atoms with Gasteiger partial charge in [0.05, 0.1) is 37.1 Å². The topological polar surface area (TPSA) is 157 Å². The molecule has 3 aromatic carbocycles. The van der Waals surface area contributed by atoms with Crippen LogP contribution in [0, 0.1) is 11.8 Å². The fourth-order valence-corrected chi connectivity index (χ4v) is 6.58. The van der Waals surface area contributed by atoms with Gasteiger partial charge in [0.2, 0.25) is 11.8 Å². The molecule has 51 heavy (non-hydrogen) atoms. The van der Waals surface area contributed by atoms with Crippen molar-refractivity contribution in [2.75, 3.05) is 48.6 Å². The lowest BCUT2D eigenvalue weighted by molar-refractivity contribution is -0.127. The van der Waals surface area contributed by atoms with Gasteiger partial charge in [-0.3, -0.25) is 9.59 Å². The molecule has 1 aliphatic heterocycles. The fourth-order valence-electron chi connectivity index (χ4n) is 6.18. The first-order valence-corrected chi connectivity index (χ1v) is 16.9. The first kappa shape index (κ1) is 33.4. The number of hydrogen-bond donors (Lipinski definition) is 3. The number of carbonyl (C=O) groups excluding carboxylic acids is 2. The molecule has 0 radical (unpaired) electrons. The Morgan fingerprint density at radius 2 is 1.41 bits per heavy atom. The number of hydrogen-bond acceptors (Lipinski definition) is 10. The standard InChI is InChI=1S/C38H33BrN8O4/c1-50-27-11-7-25(8-12-27)44-37(48)30-19-47(20-31(30)38(49)45-26-9-13-28(51-2)14-10-26)33-15-6-23(18-41-33)32-17-29(22-4-3-5-24(39)16-22)34-35(40)42-21-43-36(34)46-32/h3-18,21,30-31H,19-20H2,1-2H3,(H,44,48)(H,45,49)(H2,40,42,43,46)/t30-,31-/m0/s1. The number of nitrogen functional groups attached to an aromatic ring is 1. The molecule has 4 heterocycles. The number of nitrogens with zero attached hydrogens (tertiary/aromatic N) is 5. The number of rotatable bonds is 9. The summed E-state index contributed by atoms with van der Waals surface area (Å²) in [7, 11) is 3.16. The van der Waals surface area contributed by atoms with Crippen molar-refractivity contribution in [3.63, 3.8) is 0 Å². The quantitative estimate of drug-likeness (QED) is 0.150. The third-order valence-corrected chi connectivity index (χ3v) is 9.34. The van der Waals surface area contributed by atoms with Crippen molar-refractivity contribution in [3.05, 3.63) is 108 Å². The Bertz CT molecular complexity index is 2150. The van der Waals surface area contributed by atoms with Crippen LogP contribution in [0.5, 0.6) is 11.5 Å². The molecule has 6 aromatic rings. The van der Waals surface area contributed by atoms with E-state index in [-0.39, 0.29) is 24.9 Å². The van der Waals surface area contributed by atoms with Gasteiger partial charge >= 0.3 is 0 Å². The summed E-state index contributed by atoms with van der Waals surface area (Å²) in [5.74, 6) is 0.456. The second kappa shape index (κ2) is 14.4. The molecule has 1 saturated heterocycles. The Labute approximate surface area is 302 Å². The van der Waals surface area contributed by atoms with Crippen molar-refractivity contribution in [2.24, 2.45) is 11.8 Å². The number of fused-ring (bicyclic) bond motifs is 1. The molecule has 13 heteroatoms. The summed E-state index contributed by atoms with van der Waals surface area (Å²) in [6, 6.07) is 27.8. The number of methoxy groups -OCH3 is 2. The maximum absolute atomic E-state index is 13.7. The number of nitrogens with one attached hydrogen (secondary N) is 2. The van der Waals surface area contributed by atoms with E-state index in [4.69, 9.17) is 25.2 Å². The van der Waals surface area contributed by atoms with Crippen molar-refractivity contribution in [3.8, 4) is 33.9 Å². The van der Waals surface area contributed by atoms with E-state index in [1.165, 1.54) is 6.33 Å². The van der Waals surface area contributed by atoms with Gasteiger partial charge in [-0.2, -0.15) is 0 Å². The summed E-state index contributed by atoms with van der Waals surface area (Å²) in [6.45, 7) is 0.568. The predicted molar refractivity (Wildman–Crippen MR) is 201 cm³/mol. The molecule has 1 fully saturated rings. The second-order valence-electron chi connectivity index (χ2n) is 12.0. The van der Waals surface area contributed by atoms with Crippen molar-refractivity contribution in [1.29, 1.82) is 0 Å². The van der Waals surface area contributed by atoms with E-state index in [1.54, 1.807) is 68.9 Å². The average Bonchev–Trinajstić information content (AvgIpc) is 3.61. The molecule has 256 valence electrons. The third kappa shape index (κ3) is 7.15. The molecule has 0 unspecified atom stereocenters. The Hall–Kier alpha value is -6.08. The maximum Gasteiger partial charge on any atom is 0.230 e. The van der Waals surface area contributed by atoms with Crippen LogP contribution in [0.2, 0.25) is 0 Å². The molecule has 3 aromatic heterocycles. The molecular formula is C38H33BrN8O4. The van der Waals surface area contributed by atoms with Gasteiger partial charge < -0.3 is 30.7 Å². The third-order valence-electron chi connectivity index (χ3n) is 8.85. The van der Waals surface area contributed by atoms with E-state index in [9.17, 15) is 9.59 Å². The van der Waals surface area contributed by atoms with E-state index in [0.29, 0.717) is 51.2 Å². The number of benzene rings is 3. The minimum atomic E-state index is -0.660. The van der Waals surface area contributed by atoms with Crippen LogP contribution >= 0.6 is 15.9 Å². The highest BCUT2D eigenvalue weighted by molar-refractivity contribution is 9.10. The van der Waals surface area contributed by atoms with Crippen LogP contribution in [0.3, 0.4) is 0 Å². The predicted octanol–water partition coefficient (Wildman–Crippen LogP) is 6.45. The summed E-state index contributed by atoms with van der Waals surface area (Å²) in [6.07, 6.45) is 3.13. The highest BCUT2D eigenvalue weighted by Crippen LogP contribution is 2.36. The molecule has 2 amide bonds. The van der Waals surface area contributed by atoms with Crippen LogP contribution in [-0.4, -0.2) is 59.1 Å². The average molecular weight is 746 g/mol. The molecule has 0 saturated carbocycles. The molecule has 7 rings (SSSR count). The van der Waals surface area contributed by atoms with Crippen molar-refractivity contribution >= 4 is 61.8 Å². The van der Waals surface area contributed by atoms with Crippen LogP contribution < -0.4 is 30.7 Å². The molecule has 0 aliphatic carbocycles. The van der Waals surface area contributed by atoms with Gasteiger partial charge in [0.25, 0.3) is 0 Å². The van der Waals surface area contributed by atoms with Crippen LogP contribution in [0.1, 0.15) is 0 Å². The number of halogens is 1. The molecule has 4 N–H and O–H groups in total. The van der Waals surface area contributed by atoms with E-state index in [1.807, 2.05) is 47.4 Å². The summed E-state index contributed by atoms with van der Waals surface area (Å²) < 4.78 is 11.4. The van der Waals surface area contributed by atoms with Crippen molar-refractivity contribution in [1.82, 2.24) is 19.9 Å². The second-order valence-corrected chi connectivity index (χ2v) is 12.9. The van der Waals surface area contributed by atoms with Crippen LogP contribution in [-0.2, 0) is 9.59 Å². The van der Waals surface area contributed by atoms with Gasteiger partial charge in [-0.15, -0.1) is 0 Å². The number of pyridine rings is 2. The summed E-state index contributed by atoms with van der Waals surface area (Å²) >= 11 is 3.56. The Balaban J connectivity index is 1.16. The number of nitrogens with two attached hydrogens (primary N) is 1. The number of amides is 2. The molecule has 0 spiro atoms. The minimum absolute atomic E-state index is 0.268. The Kier molecular flexibility index (Phi) is 9.45. The lowest BCUT2D eigenvalue weighted by atomic mass is 9.94. The van der Waals surface area contributed by atoms with Crippen LogP contribution in [0.25, 0.3) is 33.4 Å². The zero-order valence-corrected chi connectivity index (χ0v) is 29.3. The van der Waals surface area contributed by atoms with E-state index < -0.39 is 11.8 Å². The lowest BCUT2D eigenvalue weighted by Crippen LogP contribution is -2.35. The molecule has 12 nitrogen and oxygen atoms in total. The first-order chi connectivity index (χ1) is 24.8. The monoisotopic (exact) mass is 744 g/mol. The van der Waals surface area contributed by atoms with Crippen LogP contribution in [0.4, 0.5) is 23.0 Å². The fraction of sp³-hybridized carbons (Fsp3) is 0.158. The Morgan fingerprint density at radius 1 is 0.784 bits per heavy atom. The van der Waals surface area contributed by atoms with Gasteiger partial charge in [-0.1, -0.05) is 28.1 Å². The highest BCUT2D eigenvalue weighted by Gasteiger charge is 2.42. The Morgan fingerprint density at radius 3 is 1.96 bits per heavy atom. The van der Waals surface area contributed by atoms with Gasteiger partial charge in [-0.25, -0.2) is 19.9 Å². The van der Waals surface area contributed by atoms with Crippen LogP contribution in [0.15, 0.2) is 108 Å². The smallest absolute Gasteiger partial charge is 0.230 e. The van der Waals surface area contributed by atoms with Gasteiger partial charge in [0.15, 0.2) is 5.65 Å². The zero-order chi connectivity index (χ0) is 35.5. The molecule has 0 bridgehead atoms. The number of carbonyl (C=O) groups is 2. The van der Waals surface area contributed by atoms with Crippen molar-refractivity contribution in [2.45, 2.75) is 0 Å². The molecule has 2 atom stereocenters. The van der Waals surface area contributed by atoms with Gasteiger partial charge in [0, 0.05) is 40.7 Å². The normalized spacial score (nSPS) is 15.4.